The number of carbonyl (C=O) groups excluding carboxylic acids is 2. The first-order valence-corrected chi connectivity index (χ1v) is 7.19. The van der Waals surface area contributed by atoms with Gasteiger partial charge in [-0.3, -0.25) is 4.79 Å². The van der Waals surface area contributed by atoms with E-state index in [4.69, 9.17) is 16.3 Å². The topological polar surface area (TPSA) is 67.8 Å². The summed E-state index contributed by atoms with van der Waals surface area (Å²) in [6, 6.07) is 2.58. The van der Waals surface area contributed by atoms with Gasteiger partial charge in [-0.05, 0) is 32.9 Å². The summed E-state index contributed by atoms with van der Waals surface area (Å²) in [5, 5.41) is 2.62. The minimum absolute atomic E-state index is 0.0532. The van der Waals surface area contributed by atoms with Gasteiger partial charge in [-0.1, -0.05) is 17.7 Å². The van der Waals surface area contributed by atoms with E-state index in [9.17, 15) is 14.0 Å². The Kier molecular flexibility index (Phi) is 4.81. The molecule has 2 rings (SSSR count). The quantitative estimate of drug-likeness (QED) is 0.867. The number of rotatable bonds is 3. The van der Waals surface area contributed by atoms with Crippen molar-refractivity contribution in [3.63, 3.8) is 0 Å². The molecule has 0 spiro atoms. The van der Waals surface area contributed by atoms with Gasteiger partial charge in [-0.25, -0.2) is 14.2 Å². The van der Waals surface area contributed by atoms with Crippen LogP contribution in [0.15, 0.2) is 23.2 Å². The van der Waals surface area contributed by atoms with Gasteiger partial charge in [0.15, 0.2) is 0 Å². The fourth-order valence-electron chi connectivity index (χ4n) is 2.38. The number of ether oxygens (including phenoxy) is 1. The molecular weight excluding hydrogens is 311 g/mol. The van der Waals surface area contributed by atoms with Crippen LogP contribution in [0.3, 0.4) is 0 Å². The second-order valence-electron chi connectivity index (χ2n) is 5.28. The van der Waals surface area contributed by atoms with Gasteiger partial charge in [0, 0.05) is 16.3 Å². The van der Waals surface area contributed by atoms with Gasteiger partial charge >= 0.3 is 12.0 Å². The Balaban J connectivity index is 2.49. The third-order valence-corrected chi connectivity index (χ3v) is 3.59. The predicted molar refractivity (Wildman–Crippen MR) is 80.5 cm³/mol. The number of benzene rings is 1. The zero-order valence-electron chi connectivity index (χ0n) is 12.4. The lowest BCUT2D eigenvalue weighted by Gasteiger charge is -2.30. The summed E-state index contributed by atoms with van der Waals surface area (Å²) in [6.45, 7) is 4.94. The molecule has 1 aromatic rings. The molecule has 2 amide bonds. The molecule has 0 fully saturated rings. The SMILES string of the molecule is CC1=NC(=O)NC(c2c(F)cccc2Cl)C1C(=O)OC(C)C. The number of urea groups is 1. The Morgan fingerprint density at radius 1 is 1.45 bits per heavy atom. The number of aliphatic imine (C=N–C) groups is 1. The Bertz CT molecular complexity index is 625. The number of carbonyl (C=O) groups is 2. The molecule has 1 N–H and O–H groups in total. The van der Waals surface area contributed by atoms with Gasteiger partial charge in [-0.15, -0.1) is 0 Å². The molecule has 0 saturated carbocycles. The number of hydrogen-bond donors (Lipinski definition) is 1. The van der Waals surface area contributed by atoms with Crippen LogP contribution in [-0.4, -0.2) is 23.8 Å². The van der Waals surface area contributed by atoms with Gasteiger partial charge in [0.2, 0.25) is 0 Å². The summed E-state index contributed by atoms with van der Waals surface area (Å²) in [5.74, 6) is -2.11. The molecule has 1 aliphatic heterocycles. The number of halogens is 2. The van der Waals surface area contributed by atoms with E-state index in [-0.39, 0.29) is 22.4 Å². The van der Waals surface area contributed by atoms with Crippen molar-refractivity contribution in [2.75, 3.05) is 0 Å². The predicted octanol–water partition coefficient (Wildman–Crippen LogP) is 3.27. The molecule has 0 bridgehead atoms. The number of nitrogens with one attached hydrogen (secondary N) is 1. The van der Waals surface area contributed by atoms with Crippen molar-refractivity contribution in [3.8, 4) is 0 Å². The van der Waals surface area contributed by atoms with Crippen LogP contribution >= 0.6 is 11.6 Å². The van der Waals surface area contributed by atoms with E-state index < -0.39 is 29.8 Å². The number of esters is 1. The molecule has 0 saturated heterocycles. The van der Waals surface area contributed by atoms with E-state index in [1.165, 1.54) is 25.1 Å². The molecule has 0 aromatic heterocycles. The molecule has 5 nitrogen and oxygen atoms in total. The number of amides is 2. The molecule has 1 heterocycles. The van der Waals surface area contributed by atoms with Crippen LogP contribution in [0.25, 0.3) is 0 Å². The summed E-state index contributed by atoms with van der Waals surface area (Å²) < 4.78 is 19.4. The van der Waals surface area contributed by atoms with Crippen LogP contribution in [-0.2, 0) is 9.53 Å². The highest BCUT2D eigenvalue weighted by Crippen LogP contribution is 2.34. The molecule has 7 heteroatoms. The zero-order valence-corrected chi connectivity index (χ0v) is 13.1. The van der Waals surface area contributed by atoms with Crippen molar-refractivity contribution in [2.24, 2.45) is 10.9 Å². The molecule has 0 radical (unpaired) electrons. The Morgan fingerprint density at radius 3 is 2.73 bits per heavy atom. The average molecular weight is 327 g/mol. The third-order valence-electron chi connectivity index (χ3n) is 3.26. The highest BCUT2D eigenvalue weighted by molar-refractivity contribution is 6.31. The van der Waals surface area contributed by atoms with Crippen LogP contribution in [0, 0.1) is 11.7 Å². The monoisotopic (exact) mass is 326 g/mol. The van der Waals surface area contributed by atoms with E-state index in [1.54, 1.807) is 13.8 Å². The smallest absolute Gasteiger partial charge is 0.341 e. The van der Waals surface area contributed by atoms with Gasteiger partial charge in [0.05, 0.1) is 12.1 Å². The van der Waals surface area contributed by atoms with E-state index in [0.717, 1.165) is 0 Å². The standard InChI is InChI=1S/C15H16ClFN2O3/c1-7(2)22-14(20)11-8(3)18-15(21)19-13(11)12-9(16)5-4-6-10(12)17/h4-7,11,13H,1-3H3,(H,19,21). The van der Waals surface area contributed by atoms with Crippen molar-refractivity contribution >= 4 is 29.3 Å². The van der Waals surface area contributed by atoms with Gasteiger partial charge in [0.1, 0.15) is 11.7 Å². The summed E-state index contributed by atoms with van der Waals surface area (Å²) >= 11 is 6.05. The van der Waals surface area contributed by atoms with Gasteiger partial charge in [-0.2, -0.15) is 0 Å². The molecule has 2 atom stereocenters. The molecule has 2 unspecified atom stereocenters. The first kappa shape index (κ1) is 16.4. The maximum absolute atomic E-state index is 14.2. The fourth-order valence-corrected chi connectivity index (χ4v) is 2.66. The molecule has 0 aliphatic carbocycles. The summed E-state index contributed by atoms with van der Waals surface area (Å²) in [7, 11) is 0. The molecule has 1 aliphatic rings. The Morgan fingerprint density at radius 2 is 2.14 bits per heavy atom. The zero-order chi connectivity index (χ0) is 16.4. The van der Waals surface area contributed by atoms with E-state index in [1.807, 2.05) is 0 Å². The lowest BCUT2D eigenvalue weighted by atomic mass is 9.88. The summed E-state index contributed by atoms with van der Waals surface area (Å²) in [6.07, 6.45) is -0.338. The lowest BCUT2D eigenvalue weighted by Crippen LogP contribution is -2.45. The number of nitrogens with zero attached hydrogens (tertiary/aromatic N) is 1. The fraction of sp³-hybridized carbons (Fsp3) is 0.400. The van der Waals surface area contributed by atoms with Crippen molar-refractivity contribution < 1.29 is 18.7 Å². The van der Waals surface area contributed by atoms with Crippen molar-refractivity contribution in [1.82, 2.24) is 5.32 Å². The van der Waals surface area contributed by atoms with Crippen LogP contribution in [0.1, 0.15) is 32.4 Å². The lowest BCUT2D eigenvalue weighted by molar-refractivity contribution is -0.150. The largest absolute Gasteiger partial charge is 0.462 e. The van der Waals surface area contributed by atoms with Crippen LogP contribution < -0.4 is 5.32 Å². The minimum Gasteiger partial charge on any atom is -0.462 e. The first-order chi connectivity index (χ1) is 10.3. The molecule has 1 aromatic carbocycles. The molecule has 22 heavy (non-hydrogen) atoms. The van der Waals surface area contributed by atoms with Crippen molar-refractivity contribution in [3.05, 3.63) is 34.6 Å². The van der Waals surface area contributed by atoms with Crippen LogP contribution in [0.5, 0.6) is 0 Å². The van der Waals surface area contributed by atoms with Gasteiger partial charge in [0.25, 0.3) is 0 Å². The second kappa shape index (κ2) is 6.44. The highest BCUT2D eigenvalue weighted by Gasteiger charge is 2.40. The maximum atomic E-state index is 14.2. The summed E-state index contributed by atoms with van der Waals surface area (Å²) in [5.41, 5.74) is 0.316. The maximum Gasteiger partial charge on any atom is 0.341 e. The normalized spacial score (nSPS) is 21.4. The minimum atomic E-state index is -0.954. The van der Waals surface area contributed by atoms with E-state index >= 15 is 0 Å². The number of hydrogen-bond acceptors (Lipinski definition) is 3. The molecule has 118 valence electrons. The third kappa shape index (κ3) is 3.27. The van der Waals surface area contributed by atoms with Gasteiger partial charge < -0.3 is 10.1 Å². The highest BCUT2D eigenvalue weighted by atomic mass is 35.5. The Labute approximate surface area is 132 Å². The Hall–Kier alpha value is -1.95. The van der Waals surface area contributed by atoms with Crippen LogP contribution in [0.2, 0.25) is 5.02 Å². The van der Waals surface area contributed by atoms with E-state index in [0.29, 0.717) is 0 Å². The molecular formula is C15H16ClFN2O3. The average Bonchev–Trinajstić information content (AvgIpc) is 2.36. The van der Waals surface area contributed by atoms with E-state index in [2.05, 4.69) is 10.3 Å². The van der Waals surface area contributed by atoms with Crippen molar-refractivity contribution in [1.29, 1.82) is 0 Å². The van der Waals surface area contributed by atoms with Crippen LogP contribution in [0.4, 0.5) is 9.18 Å². The van der Waals surface area contributed by atoms with Crippen molar-refractivity contribution in [2.45, 2.75) is 32.9 Å². The second-order valence-corrected chi connectivity index (χ2v) is 5.69. The first-order valence-electron chi connectivity index (χ1n) is 6.81. The summed E-state index contributed by atoms with van der Waals surface area (Å²) in [4.78, 5) is 27.7.